The quantitative estimate of drug-likeness (QED) is 0.0315. The van der Waals surface area contributed by atoms with Gasteiger partial charge in [-0.3, -0.25) is 4.79 Å². The van der Waals surface area contributed by atoms with Crippen molar-refractivity contribution in [3.8, 4) is 0 Å². The van der Waals surface area contributed by atoms with Crippen molar-refractivity contribution in [2.24, 2.45) is 0 Å². The van der Waals surface area contributed by atoms with E-state index in [4.69, 9.17) is 0 Å². The molecule has 0 aromatic heterocycles. The molecule has 4 unspecified atom stereocenters. The molecule has 0 fully saturated rings. The molecule has 0 saturated carbocycles. The lowest BCUT2D eigenvalue weighted by molar-refractivity contribution is -0.132. The van der Waals surface area contributed by atoms with E-state index in [2.05, 4.69) is 31.3 Å². The lowest BCUT2D eigenvalue weighted by atomic mass is 10.00. The standard InChI is InChI=1S/C47H93NO5/c1-3-5-7-9-11-13-15-16-17-18-19-20-21-22-23-24-25-26-27-28-29-30-31-33-35-37-39-41-45(51)47(53)48-43(42-49)46(52)44(50)40-38-36-34-32-14-12-10-8-6-4-2/h32,34,43-46,49-52H,3-31,33,35-42H2,1-2H3,(H,48,53)/b34-32+. The van der Waals surface area contributed by atoms with Gasteiger partial charge in [0.05, 0.1) is 18.8 Å². The van der Waals surface area contributed by atoms with Gasteiger partial charge in [0.2, 0.25) is 5.91 Å². The molecule has 53 heavy (non-hydrogen) atoms. The first kappa shape index (κ1) is 52.0. The van der Waals surface area contributed by atoms with Crippen LogP contribution in [0.3, 0.4) is 0 Å². The first-order valence-corrected chi connectivity index (χ1v) is 23.6. The molecule has 6 heteroatoms. The molecule has 0 aliphatic heterocycles. The van der Waals surface area contributed by atoms with Gasteiger partial charge in [-0.15, -0.1) is 0 Å². The Balaban J connectivity index is 3.58. The zero-order chi connectivity index (χ0) is 38.9. The molecule has 316 valence electrons. The van der Waals surface area contributed by atoms with Crippen molar-refractivity contribution in [1.29, 1.82) is 0 Å². The number of hydrogen-bond acceptors (Lipinski definition) is 5. The lowest BCUT2D eigenvalue weighted by Crippen LogP contribution is -2.53. The lowest BCUT2D eigenvalue weighted by Gasteiger charge is -2.27. The van der Waals surface area contributed by atoms with Gasteiger partial charge in [0.1, 0.15) is 12.2 Å². The van der Waals surface area contributed by atoms with E-state index in [1.54, 1.807) is 0 Å². The molecule has 0 radical (unpaired) electrons. The van der Waals surface area contributed by atoms with Crippen LogP contribution in [-0.2, 0) is 4.79 Å². The second-order valence-electron chi connectivity index (χ2n) is 16.5. The Hall–Kier alpha value is -0.950. The normalized spacial score (nSPS) is 14.2. The molecular formula is C47H93NO5. The Morgan fingerprint density at radius 3 is 1.13 bits per heavy atom. The number of rotatable bonds is 43. The maximum absolute atomic E-state index is 12.5. The van der Waals surface area contributed by atoms with Crippen LogP contribution in [0.1, 0.15) is 251 Å². The molecule has 0 rings (SSSR count). The highest BCUT2D eigenvalue weighted by atomic mass is 16.3. The predicted octanol–water partition coefficient (Wildman–Crippen LogP) is 12.6. The summed E-state index contributed by atoms with van der Waals surface area (Å²) in [5.41, 5.74) is 0. The van der Waals surface area contributed by atoms with E-state index in [-0.39, 0.29) is 0 Å². The van der Waals surface area contributed by atoms with Gasteiger partial charge in [-0.25, -0.2) is 0 Å². The Morgan fingerprint density at radius 1 is 0.453 bits per heavy atom. The Morgan fingerprint density at radius 2 is 0.774 bits per heavy atom. The summed E-state index contributed by atoms with van der Waals surface area (Å²) in [5, 5.41) is 43.5. The topological polar surface area (TPSA) is 110 Å². The largest absolute Gasteiger partial charge is 0.394 e. The number of aliphatic hydroxyl groups is 4. The zero-order valence-corrected chi connectivity index (χ0v) is 35.5. The third kappa shape index (κ3) is 36.4. The van der Waals surface area contributed by atoms with Gasteiger partial charge in [-0.2, -0.15) is 0 Å². The Kier molecular flexibility index (Phi) is 41.4. The third-order valence-corrected chi connectivity index (χ3v) is 11.2. The van der Waals surface area contributed by atoms with Crippen molar-refractivity contribution >= 4 is 5.91 Å². The van der Waals surface area contributed by atoms with E-state index in [1.165, 1.54) is 186 Å². The Labute approximate surface area is 330 Å². The molecule has 0 saturated heterocycles. The van der Waals surface area contributed by atoms with Crippen LogP contribution in [-0.4, -0.2) is 57.3 Å². The van der Waals surface area contributed by atoms with E-state index in [0.29, 0.717) is 12.8 Å². The summed E-state index contributed by atoms with van der Waals surface area (Å²) in [7, 11) is 0. The van der Waals surface area contributed by atoms with E-state index in [9.17, 15) is 25.2 Å². The molecular weight excluding hydrogens is 659 g/mol. The SMILES string of the molecule is CCCCCCC/C=C/CCCC(O)C(O)C(CO)NC(=O)C(O)CCCCCCCCCCCCCCCCCCCCCCCCCCCCC. The fraction of sp³-hybridized carbons (Fsp3) is 0.936. The van der Waals surface area contributed by atoms with Gasteiger partial charge in [0.15, 0.2) is 0 Å². The number of carbonyl (C=O) groups excluding carboxylic acids is 1. The second kappa shape index (κ2) is 42.2. The number of hydrogen-bond donors (Lipinski definition) is 5. The minimum absolute atomic E-state index is 0.368. The van der Waals surface area contributed by atoms with E-state index >= 15 is 0 Å². The van der Waals surface area contributed by atoms with Gasteiger partial charge in [-0.1, -0.05) is 225 Å². The average Bonchev–Trinajstić information content (AvgIpc) is 3.16. The van der Waals surface area contributed by atoms with Gasteiger partial charge in [0.25, 0.3) is 0 Å². The number of aliphatic hydroxyl groups excluding tert-OH is 4. The fourth-order valence-electron chi connectivity index (χ4n) is 7.46. The van der Waals surface area contributed by atoms with Crippen LogP contribution in [0.15, 0.2) is 12.2 Å². The molecule has 1 amide bonds. The van der Waals surface area contributed by atoms with Crippen LogP contribution in [0, 0.1) is 0 Å². The van der Waals surface area contributed by atoms with Crippen molar-refractivity contribution < 1.29 is 25.2 Å². The van der Waals surface area contributed by atoms with Crippen molar-refractivity contribution in [2.45, 2.75) is 276 Å². The first-order valence-electron chi connectivity index (χ1n) is 23.6. The summed E-state index contributed by atoms with van der Waals surface area (Å²) in [4.78, 5) is 12.5. The molecule has 0 heterocycles. The number of unbranched alkanes of at least 4 members (excludes halogenated alkanes) is 32. The second-order valence-corrected chi connectivity index (χ2v) is 16.5. The van der Waals surface area contributed by atoms with Crippen LogP contribution in [0.5, 0.6) is 0 Å². The predicted molar refractivity (Wildman–Crippen MR) is 228 cm³/mol. The van der Waals surface area contributed by atoms with Crippen molar-refractivity contribution in [2.75, 3.05) is 6.61 Å². The maximum atomic E-state index is 12.5. The minimum atomic E-state index is -1.28. The maximum Gasteiger partial charge on any atom is 0.249 e. The minimum Gasteiger partial charge on any atom is -0.394 e. The monoisotopic (exact) mass is 752 g/mol. The van der Waals surface area contributed by atoms with Crippen molar-refractivity contribution in [3.63, 3.8) is 0 Å². The molecule has 0 aromatic rings. The smallest absolute Gasteiger partial charge is 0.249 e. The molecule has 0 aromatic carbocycles. The molecule has 5 N–H and O–H groups in total. The summed E-state index contributed by atoms with van der Waals surface area (Å²) in [6, 6.07) is -0.996. The highest BCUT2D eigenvalue weighted by Gasteiger charge is 2.28. The van der Waals surface area contributed by atoms with E-state index in [1.807, 2.05) is 0 Å². The number of amides is 1. The van der Waals surface area contributed by atoms with Gasteiger partial charge >= 0.3 is 0 Å². The van der Waals surface area contributed by atoms with E-state index < -0.39 is 36.9 Å². The van der Waals surface area contributed by atoms with Gasteiger partial charge in [0, 0.05) is 0 Å². The summed E-state index contributed by atoms with van der Waals surface area (Å²) < 4.78 is 0. The Bertz CT molecular complexity index is 761. The van der Waals surface area contributed by atoms with Crippen LogP contribution >= 0.6 is 0 Å². The molecule has 0 aliphatic carbocycles. The summed E-state index contributed by atoms with van der Waals surface area (Å²) in [6.07, 6.45) is 47.1. The average molecular weight is 752 g/mol. The summed E-state index contributed by atoms with van der Waals surface area (Å²) >= 11 is 0. The molecule has 0 spiro atoms. The summed E-state index contributed by atoms with van der Waals surface area (Å²) in [5.74, 6) is -0.591. The van der Waals surface area contributed by atoms with Crippen molar-refractivity contribution in [3.05, 3.63) is 12.2 Å². The van der Waals surface area contributed by atoms with Crippen LogP contribution in [0.4, 0.5) is 0 Å². The highest BCUT2D eigenvalue weighted by Crippen LogP contribution is 2.17. The van der Waals surface area contributed by atoms with Crippen LogP contribution in [0.25, 0.3) is 0 Å². The summed E-state index contributed by atoms with van der Waals surface area (Å²) in [6.45, 7) is 4.02. The van der Waals surface area contributed by atoms with Crippen LogP contribution in [0.2, 0.25) is 0 Å². The molecule has 4 atom stereocenters. The first-order chi connectivity index (χ1) is 26.0. The molecule has 0 bridgehead atoms. The van der Waals surface area contributed by atoms with Crippen molar-refractivity contribution in [1.82, 2.24) is 5.32 Å². The number of nitrogens with one attached hydrogen (secondary N) is 1. The van der Waals surface area contributed by atoms with Crippen LogP contribution < -0.4 is 5.32 Å². The van der Waals surface area contributed by atoms with Gasteiger partial charge in [-0.05, 0) is 38.5 Å². The molecule has 6 nitrogen and oxygen atoms in total. The number of allylic oxidation sites excluding steroid dienone is 2. The molecule has 0 aliphatic rings. The fourth-order valence-corrected chi connectivity index (χ4v) is 7.46. The highest BCUT2D eigenvalue weighted by molar-refractivity contribution is 5.80. The number of carbonyl (C=O) groups is 1. The van der Waals surface area contributed by atoms with Gasteiger partial charge < -0.3 is 25.7 Å². The third-order valence-electron chi connectivity index (χ3n) is 11.2. The zero-order valence-electron chi connectivity index (χ0n) is 35.5. The van der Waals surface area contributed by atoms with E-state index in [0.717, 1.165) is 38.5 Å².